The first kappa shape index (κ1) is 34.9. The highest BCUT2D eigenvalue weighted by Gasteiger charge is 2.53. The van der Waals surface area contributed by atoms with Crippen LogP contribution in [0.1, 0.15) is 73.7 Å². The molecule has 2 atom stereocenters. The van der Waals surface area contributed by atoms with Crippen LogP contribution in [0.25, 0.3) is 21.7 Å². The van der Waals surface area contributed by atoms with E-state index in [1.807, 2.05) is 0 Å². The maximum atomic E-state index is 5.90. The van der Waals surface area contributed by atoms with Crippen LogP contribution in [0.2, 0.25) is 0 Å². The Kier molecular flexibility index (Phi) is 6.80. The van der Waals surface area contributed by atoms with Gasteiger partial charge in [-0.2, -0.15) is 0 Å². The summed E-state index contributed by atoms with van der Waals surface area (Å²) in [5.41, 5.74) is 20.5. The zero-order chi connectivity index (χ0) is 41.0. The molecule has 8 aromatic carbocycles. The Morgan fingerprint density at radius 3 is 1.49 bits per heavy atom. The summed E-state index contributed by atoms with van der Waals surface area (Å²) in [5, 5.41) is 3.64. The van der Waals surface area contributed by atoms with E-state index in [1.54, 1.807) is 0 Å². The van der Waals surface area contributed by atoms with Gasteiger partial charge in [0.05, 0.1) is 28.3 Å². The van der Waals surface area contributed by atoms with E-state index in [0.717, 1.165) is 11.2 Å². The highest BCUT2D eigenvalue weighted by atomic mass is 15.2. The van der Waals surface area contributed by atoms with Crippen molar-refractivity contribution in [2.75, 3.05) is 9.80 Å². The summed E-state index contributed by atoms with van der Waals surface area (Å²) < 4.78 is 0. The molecular formula is C57H44BN3. The fourth-order valence-electron chi connectivity index (χ4n) is 12.1. The molecule has 0 N–H and O–H groups in total. The largest absolute Gasteiger partial charge is 0.311 e. The predicted molar refractivity (Wildman–Crippen MR) is 256 cm³/mol. The number of rotatable bonds is 2. The Labute approximate surface area is 358 Å². The van der Waals surface area contributed by atoms with E-state index >= 15 is 0 Å². The monoisotopic (exact) mass is 781 g/mol. The summed E-state index contributed by atoms with van der Waals surface area (Å²) in [6.07, 6.45) is 0. The number of aromatic nitrogens is 1. The topological polar surface area (TPSA) is 19.4 Å². The minimum atomic E-state index is -0.400. The van der Waals surface area contributed by atoms with Crippen molar-refractivity contribution in [3.05, 3.63) is 215 Å². The van der Waals surface area contributed by atoms with E-state index in [0.29, 0.717) is 0 Å². The molecule has 2 unspecified atom stereocenters. The van der Waals surface area contributed by atoms with E-state index in [-0.39, 0.29) is 17.5 Å². The molecule has 290 valence electrons. The number of anilines is 6. The molecule has 0 fully saturated rings. The third-order valence-corrected chi connectivity index (χ3v) is 14.8. The summed E-state index contributed by atoms with van der Waals surface area (Å²) in [6, 6.07) is 66.3. The third-order valence-electron chi connectivity index (χ3n) is 14.8. The van der Waals surface area contributed by atoms with E-state index in [2.05, 4.69) is 220 Å². The Morgan fingerprint density at radius 2 is 0.918 bits per heavy atom. The molecule has 0 spiro atoms. The van der Waals surface area contributed by atoms with Crippen LogP contribution in [0.5, 0.6) is 0 Å². The number of pyridine rings is 1. The molecule has 4 heteroatoms. The van der Waals surface area contributed by atoms with Crippen LogP contribution >= 0.6 is 0 Å². The van der Waals surface area contributed by atoms with Gasteiger partial charge in [0.1, 0.15) is 0 Å². The number of fused-ring (bicyclic) bond motifs is 12. The number of hydrogen-bond acceptors (Lipinski definition) is 3. The second-order valence-corrected chi connectivity index (χ2v) is 18.9. The predicted octanol–water partition coefficient (Wildman–Crippen LogP) is 12.1. The van der Waals surface area contributed by atoms with E-state index in [4.69, 9.17) is 4.98 Å². The number of hydrogen-bond donors (Lipinski definition) is 0. The summed E-state index contributed by atoms with van der Waals surface area (Å²) in [5.74, 6) is 0. The number of para-hydroxylation sites is 4. The lowest BCUT2D eigenvalue weighted by Gasteiger charge is -2.52. The fourth-order valence-corrected chi connectivity index (χ4v) is 12.1. The molecule has 4 aliphatic heterocycles. The van der Waals surface area contributed by atoms with E-state index in [1.165, 1.54) is 100 Å². The number of benzene rings is 8. The molecule has 0 radical (unpaired) electrons. The van der Waals surface area contributed by atoms with Crippen molar-refractivity contribution in [3.63, 3.8) is 0 Å². The SMILES string of the molecule is CC(C)(C)c1nc2c3c4c(cc2c2ccccc12)N1c2ccccc2C(C)(c2ccccc2)c2cccc(c21)B4c1cccc2c1N3c1ccccc1C2(C)c1ccccc1. The van der Waals surface area contributed by atoms with Crippen LogP contribution in [0, 0.1) is 0 Å². The summed E-state index contributed by atoms with van der Waals surface area (Å²) in [4.78, 5) is 11.2. The Balaban J connectivity index is 1.25. The molecule has 0 amide bonds. The Morgan fingerprint density at radius 1 is 0.443 bits per heavy atom. The van der Waals surface area contributed by atoms with Gasteiger partial charge in [-0.25, -0.2) is 4.98 Å². The van der Waals surface area contributed by atoms with Gasteiger partial charge in [0.25, 0.3) is 6.71 Å². The quantitative estimate of drug-likeness (QED) is 0.129. The molecule has 0 saturated carbocycles. The first-order valence-electron chi connectivity index (χ1n) is 21.8. The molecule has 0 bridgehead atoms. The summed E-state index contributed by atoms with van der Waals surface area (Å²) >= 11 is 0. The van der Waals surface area contributed by atoms with Crippen molar-refractivity contribution in [1.82, 2.24) is 4.98 Å². The van der Waals surface area contributed by atoms with Crippen molar-refractivity contribution in [2.24, 2.45) is 0 Å². The van der Waals surface area contributed by atoms with Crippen LogP contribution in [0.15, 0.2) is 176 Å². The van der Waals surface area contributed by atoms with Crippen molar-refractivity contribution in [3.8, 4) is 0 Å². The Hall–Kier alpha value is -6.91. The first-order chi connectivity index (χ1) is 29.7. The standard InChI is InChI=1S/C57H44BN3/c1-55(2,3)54-38-25-13-12-24-37(38)39-34-48-49-53(50(39)59-54)61-47-33-17-15-27-41(47)57(5,36-22-10-7-11-23-36)43-29-19-31-45(52(43)61)58(49)44-30-18-28-42-51(44)60(48)46-32-16-14-26-40(46)56(42,4)35-20-8-6-9-21-35/h6-34H,1-5H3. The van der Waals surface area contributed by atoms with Gasteiger partial charge >= 0.3 is 0 Å². The van der Waals surface area contributed by atoms with Crippen LogP contribution in [0.4, 0.5) is 34.1 Å². The lowest BCUT2D eigenvalue weighted by atomic mass is 9.32. The molecule has 9 aromatic rings. The maximum Gasteiger partial charge on any atom is 0.252 e. The zero-order valence-corrected chi connectivity index (χ0v) is 35.2. The average Bonchev–Trinajstić information content (AvgIpc) is 3.30. The van der Waals surface area contributed by atoms with Crippen LogP contribution in [0.3, 0.4) is 0 Å². The normalized spacial score (nSPS) is 18.9. The minimum absolute atomic E-state index is 0.0336. The van der Waals surface area contributed by atoms with Gasteiger partial charge in [-0.15, -0.1) is 0 Å². The zero-order valence-electron chi connectivity index (χ0n) is 35.2. The molecular weight excluding hydrogens is 737 g/mol. The fraction of sp³-hybridized carbons (Fsp3) is 0.140. The maximum absolute atomic E-state index is 5.90. The van der Waals surface area contributed by atoms with Gasteiger partial charge in [0.2, 0.25) is 0 Å². The van der Waals surface area contributed by atoms with Gasteiger partial charge in [-0.3, -0.25) is 0 Å². The smallest absolute Gasteiger partial charge is 0.252 e. The van der Waals surface area contributed by atoms with Crippen LogP contribution in [-0.4, -0.2) is 11.7 Å². The minimum Gasteiger partial charge on any atom is -0.311 e. The van der Waals surface area contributed by atoms with Crippen molar-refractivity contribution < 1.29 is 0 Å². The van der Waals surface area contributed by atoms with Crippen molar-refractivity contribution >= 4 is 78.9 Å². The molecule has 4 aliphatic rings. The van der Waals surface area contributed by atoms with E-state index < -0.39 is 5.41 Å². The molecule has 13 rings (SSSR count). The van der Waals surface area contributed by atoms with Gasteiger partial charge < -0.3 is 9.80 Å². The lowest BCUT2D eigenvalue weighted by molar-refractivity contribution is 0.578. The summed E-state index contributed by atoms with van der Waals surface area (Å²) in [7, 11) is 0. The molecule has 61 heavy (non-hydrogen) atoms. The molecule has 0 aliphatic carbocycles. The van der Waals surface area contributed by atoms with Crippen LogP contribution < -0.4 is 26.2 Å². The van der Waals surface area contributed by atoms with E-state index in [9.17, 15) is 0 Å². The average molecular weight is 782 g/mol. The van der Waals surface area contributed by atoms with Gasteiger partial charge in [-0.05, 0) is 87.2 Å². The van der Waals surface area contributed by atoms with Crippen molar-refractivity contribution in [2.45, 2.75) is 50.9 Å². The molecule has 5 heterocycles. The highest BCUT2D eigenvalue weighted by Crippen LogP contribution is 2.60. The third kappa shape index (κ3) is 4.27. The van der Waals surface area contributed by atoms with Crippen molar-refractivity contribution in [1.29, 1.82) is 0 Å². The highest BCUT2D eigenvalue weighted by molar-refractivity contribution is 7.00. The number of nitrogens with zero attached hydrogens (tertiary/aromatic N) is 3. The van der Waals surface area contributed by atoms with Gasteiger partial charge in [0.15, 0.2) is 0 Å². The second kappa shape index (κ2) is 11.9. The molecule has 0 saturated heterocycles. The molecule has 3 nitrogen and oxygen atoms in total. The Bertz CT molecular complexity index is 3340. The van der Waals surface area contributed by atoms with Gasteiger partial charge in [-0.1, -0.05) is 178 Å². The summed E-state index contributed by atoms with van der Waals surface area (Å²) in [6.45, 7) is 11.8. The lowest BCUT2D eigenvalue weighted by Crippen LogP contribution is -2.63. The van der Waals surface area contributed by atoms with Crippen LogP contribution in [-0.2, 0) is 16.2 Å². The first-order valence-corrected chi connectivity index (χ1v) is 21.8. The van der Waals surface area contributed by atoms with Gasteiger partial charge in [0, 0.05) is 44.1 Å². The second-order valence-electron chi connectivity index (χ2n) is 18.9. The molecule has 1 aromatic heterocycles.